The maximum Gasteiger partial charge on any atom is 0.0244 e. The topological polar surface area (TPSA) is 29.3 Å². The van der Waals surface area contributed by atoms with Crippen LogP contribution in [-0.4, -0.2) is 30.6 Å². The molecule has 2 nitrogen and oxygen atoms in total. The summed E-state index contributed by atoms with van der Waals surface area (Å²) in [6.07, 6.45) is 16.8. The molecule has 0 radical (unpaired) electrons. The smallest absolute Gasteiger partial charge is 0.0244 e. The summed E-state index contributed by atoms with van der Waals surface area (Å²) in [5.74, 6) is 0.985. The Morgan fingerprint density at radius 2 is 1.32 bits per heavy atom. The van der Waals surface area contributed by atoms with Crippen LogP contribution in [0.15, 0.2) is 0 Å². The van der Waals surface area contributed by atoms with Gasteiger partial charge in [-0.05, 0) is 38.6 Å². The molecule has 0 aromatic carbocycles. The second-order valence-corrected chi connectivity index (χ2v) is 7.02. The molecule has 2 aliphatic rings. The van der Waals surface area contributed by atoms with Crippen LogP contribution in [0.4, 0.5) is 0 Å². The van der Waals surface area contributed by atoms with Crippen molar-refractivity contribution in [1.82, 2.24) is 4.90 Å². The minimum absolute atomic E-state index is 0.406. The minimum atomic E-state index is 0.406. The molecule has 112 valence electrons. The standard InChI is InChI=1S/C17H34N2/c1-19(14-15-12-13-15)17-11-9-7-5-3-2-4-6-8-10-16(17)18/h15-17H,2-14,18H2,1H3. The lowest BCUT2D eigenvalue weighted by Crippen LogP contribution is -2.46. The maximum absolute atomic E-state index is 6.51. The van der Waals surface area contributed by atoms with Crippen LogP contribution in [0, 0.1) is 5.92 Å². The average Bonchev–Trinajstić information content (AvgIpc) is 3.17. The van der Waals surface area contributed by atoms with Crippen molar-refractivity contribution in [2.75, 3.05) is 13.6 Å². The monoisotopic (exact) mass is 266 g/mol. The minimum Gasteiger partial charge on any atom is -0.326 e. The number of rotatable bonds is 3. The van der Waals surface area contributed by atoms with Crippen LogP contribution in [0.3, 0.4) is 0 Å². The molecule has 2 saturated carbocycles. The van der Waals surface area contributed by atoms with Crippen molar-refractivity contribution in [3.05, 3.63) is 0 Å². The molecular weight excluding hydrogens is 232 g/mol. The Balaban J connectivity index is 1.82. The molecule has 0 spiro atoms. The van der Waals surface area contributed by atoms with Gasteiger partial charge in [-0.3, -0.25) is 0 Å². The third kappa shape index (κ3) is 5.83. The van der Waals surface area contributed by atoms with E-state index in [0.717, 1.165) is 5.92 Å². The molecule has 0 heterocycles. The summed E-state index contributed by atoms with van der Waals surface area (Å²) in [6.45, 7) is 1.29. The van der Waals surface area contributed by atoms with E-state index >= 15 is 0 Å². The Kier molecular flexibility index (Phi) is 6.66. The van der Waals surface area contributed by atoms with Crippen LogP contribution in [0.2, 0.25) is 0 Å². The number of hydrogen-bond acceptors (Lipinski definition) is 2. The van der Waals surface area contributed by atoms with Crippen LogP contribution in [0.25, 0.3) is 0 Å². The fourth-order valence-corrected chi connectivity index (χ4v) is 3.59. The summed E-state index contributed by atoms with van der Waals surface area (Å²) in [6, 6.07) is 1.04. The Morgan fingerprint density at radius 1 is 0.789 bits per heavy atom. The van der Waals surface area contributed by atoms with Crippen molar-refractivity contribution in [3.63, 3.8) is 0 Å². The van der Waals surface area contributed by atoms with Crippen LogP contribution >= 0.6 is 0 Å². The molecule has 0 aromatic heterocycles. The van der Waals surface area contributed by atoms with E-state index in [1.165, 1.54) is 83.6 Å². The molecule has 0 amide bonds. The first-order valence-corrected chi connectivity index (χ1v) is 8.73. The van der Waals surface area contributed by atoms with Gasteiger partial charge in [-0.25, -0.2) is 0 Å². The molecular formula is C17H34N2. The molecule has 0 aliphatic heterocycles. The van der Waals surface area contributed by atoms with Gasteiger partial charge in [-0.2, -0.15) is 0 Å². The van der Waals surface area contributed by atoms with E-state index in [1.54, 1.807) is 0 Å². The Bertz CT molecular complexity index is 237. The van der Waals surface area contributed by atoms with Crippen LogP contribution in [-0.2, 0) is 0 Å². The van der Waals surface area contributed by atoms with Crippen LogP contribution in [0.5, 0.6) is 0 Å². The lowest BCUT2D eigenvalue weighted by atomic mass is 9.93. The highest BCUT2D eigenvalue weighted by atomic mass is 15.1. The third-order valence-electron chi connectivity index (χ3n) is 5.09. The fourth-order valence-electron chi connectivity index (χ4n) is 3.59. The highest BCUT2D eigenvalue weighted by Crippen LogP contribution is 2.31. The van der Waals surface area contributed by atoms with Crippen molar-refractivity contribution in [1.29, 1.82) is 0 Å². The first kappa shape index (κ1) is 15.3. The molecule has 2 rings (SSSR count). The summed E-state index contributed by atoms with van der Waals surface area (Å²) in [7, 11) is 2.31. The molecule has 0 bridgehead atoms. The van der Waals surface area contributed by atoms with Gasteiger partial charge in [0.25, 0.3) is 0 Å². The summed E-state index contributed by atoms with van der Waals surface area (Å²) < 4.78 is 0. The van der Waals surface area contributed by atoms with Gasteiger partial charge >= 0.3 is 0 Å². The van der Waals surface area contributed by atoms with Crippen molar-refractivity contribution in [2.45, 2.75) is 89.1 Å². The highest BCUT2D eigenvalue weighted by molar-refractivity contribution is 4.85. The van der Waals surface area contributed by atoms with Gasteiger partial charge in [0.2, 0.25) is 0 Å². The quantitative estimate of drug-likeness (QED) is 0.838. The van der Waals surface area contributed by atoms with Crippen molar-refractivity contribution >= 4 is 0 Å². The van der Waals surface area contributed by atoms with Gasteiger partial charge in [0.1, 0.15) is 0 Å². The number of nitrogens with zero attached hydrogens (tertiary/aromatic N) is 1. The summed E-state index contributed by atoms with van der Waals surface area (Å²) in [5.41, 5.74) is 6.51. The van der Waals surface area contributed by atoms with E-state index in [1.807, 2.05) is 0 Å². The van der Waals surface area contributed by atoms with E-state index in [4.69, 9.17) is 5.73 Å². The van der Waals surface area contributed by atoms with E-state index in [2.05, 4.69) is 11.9 Å². The van der Waals surface area contributed by atoms with Gasteiger partial charge in [0.05, 0.1) is 0 Å². The SMILES string of the molecule is CN(CC1CC1)C1CCCCCCCCCCC1N. The van der Waals surface area contributed by atoms with Crippen molar-refractivity contribution in [2.24, 2.45) is 11.7 Å². The maximum atomic E-state index is 6.51. The average molecular weight is 266 g/mol. The summed E-state index contributed by atoms with van der Waals surface area (Å²) >= 11 is 0. The molecule has 0 saturated heterocycles. The van der Waals surface area contributed by atoms with Crippen LogP contribution in [0.1, 0.15) is 77.0 Å². The molecule has 2 fully saturated rings. The Morgan fingerprint density at radius 3 is 1.89 bits per heavy atom. The fraction of sp³-hybridized carbons (Fsp3) is 1.00. The third-order valence-corrected chi connectivity index (χ3v) is 5.09. The van der Waals surface area contributed by atoms with E-state index < -0.39 is 0 Å². The van der Waals surface area contributed by atoms with Crippen molar-refractivity contribution in [3.8, 4) is 0 Å². The predicted octanol–water partition coefficient (Wildman–Crippen LogP) is 3.94. The highest BCUT2D eigenvalue weighted by Gasteiger charge is 2.28. The summed E-state index contributed by atoms with van der Waals surface area (Å²) in [5, 5.41) is 0. The largest absolute Gasteiger partial charge is 0.326 e. The van der Waals surface area contributed by atoms with Gasteiger partial charge in [-0.15, -0.1) is 0 Å². The second-order valence-electron chi connectivity index (χ2n) is 7.02. The van der Waals surface area contributed by atoms with Gasteiger partial charge in [0.15, 0.2) is 0 Å². The van der Waals surface area contributed by atoms with Gasteiger partial charge in [-0.1, -0.05) is 51.4 Å². The molecule has 19 heavy (non-hydrogen) atoms. The van der Waals surface area contributed by atoms with Crippen molar-refractivity contribution < 1.29 is 0 Å². The van der Waals surface area contributed by atoms with Crippen LogP contribution < -0.4 is 5.73 Å². The lowest BCUT2D eigenvalue weighted by Gasteiger charge is -2.33. The molecule has 2 atom stereocenters. The zero-order chi connectivity index (χ0) is 13.5. The predicted molar refractivity (Wildman–Crippen MR) is 83.3 cm³/mol. The second kappa shape index (κ2) is 8.26. The zero-order valence-corrected chi connectivity index (χ0v) is 12.9. The lowest BCUT2D eigenvalue weighted by molar-refractivity contribution is 0.181. The number of nitrogens with two attached hydrogens (primary N) is 1. The molecule has 2 aliphatic carbocycles. The van der Waals surface area contributed by atoms with Gasteiger partial charge in [0, 0.05) is 18.6 Å². The number of hydrogen-bond donors (Lipinski definition) is 1. The normalized spacial score (nSPS) is 31.7. The first-order valence-electron chi connectivity index (χ1n) is 8.73. The van der Waals surface area contributed by atoms with E-state index in [9.17, 15) is 0 Å². The molecule has 2 heteroatoms. The Labute approximate surface area is 120 Å². The van der Waals surface area contributed by atoms with Gasteiger partial charge < -0.3 is 10.6 Å². The molecule has 2 unspecified atom stereocenters. The van der Waals surface area contributed by atoms with E-state index in [-0.39, 0.29) is 0 Å². The first-order chi connectivity index (χ1) is 9.27. The molecule has 2 N–H and O–H groups in total. The zero-order valence-electron chi connectivity index (χ0n) is 12.9. The number of likely N-dealkylation sites (N-methyl/N-ethyl adjacent to an activating group) is 1. The van der Waals surface area contributed by atoms with E-state index in [0.29, 0.717) is 12.1 Å². The summed E-state index contributed by atoms with van der Waals surface area (Å²) in [4.78, 5) is 2.59. The Hall–Kier alpha value is -0.0800. The molecule has 0 aromatic rings.